The highest BCUT2D eigenvalue weighted by molar-refractivity contribution is 5.74. The average molecular weight is 250 g/mol. The molecule has 0 bridgehead atoms. The maximum atomic E-state index is 10.8. The van der Waals surface area contributed by atoms with Gasteiger partial charge in [0.2, 0.25) is 0 Å². The molecule has 6 nitrogen and oxygen atoms in total. The summed E-state index contributed by atoms with van der Waals surface area (Å²) in [6.07, 6.45) is 0.0599. The third-order valence-corrected chi connectivity index (χ3v) is 2.44. The summed E-state index contributed by atoms with van der Waals surface area (Å²) < 4.78 is 10.3. The van der Waals surface area contributed by atoms with Crippen molar-refractivity contribution in [3.05, 3.63) is 23.3 Å². The minimum atomic E-state index is -1.11. The molecule has 0 aliphatic heterocycles. The minimum Gasteiger partial charge on any atom is -0.493 e. The summed E-state index contributed by atoms with van der Waals surface area (Å²) in [4.78, 5) is 10.8. The summed E-state index contributed by atoms with van der Waals surface area (Å²) in [6.45, 7) is 0. The van der Waals surface area contributed by atoms with Gasteiger partial charge in [0, 0.05) is 18.1 Å². The highest BCUT2D eigenvalue weighted by Gasteiger charge is 2.18. The summed E-state index contributed by atoms with van der Waals surface area (Å²) in [5.74, 6) is -0.337. The standard InChI is InChI=1S/C12H14N2O4/c1-17-10-4-7(6-13)3-8(11(10)18-2)5-9(14)12(15)16/h3-4,9H,5,14H2,1-2H3,(H,15,16). The highest BCUT2D eigenvalue weighted by atomic mass is 16.5. The predicted octanol–water partition coefficient (Wildman–Crippen LogP) is 0.530. The Labute approximate surface area is 105 Å². The Bertz CT molecular complexity index is 494. The number of hydrogen-bond donors (Lipinski definition) is 2. The molecule has 96 valence electrons. The summed E-state index contributed by atoms with van der Waals surface area (Å²) in [5.41, 5.74) is 6.37. The fourth-order valence-corrected chi connectivity index (χ4v) is 1.58. The predicted molar refractivity (Wildman–Crippen MR) is 63.6 cm³/mol. The number of nitrogens with zero attached hydrogens (tertiary/aromatic N) is 1. The first kappa shape index (κ1) is 13.8. The number of carbonyl (C=O) groups is 1. The zero-order valence-electron chi connectivity index (χ0n) is 10.1. The van der Waals surface area contributed by atoms with Crippen molar-refractivity contribution in [3.8, 4) is 17.6 Å². The van der Waals surface area contributed by atoms with Crippen molar-refractivity contribution in [3.63, 3.8) is 0 Å². The van der Waals surface area contributed by atoms with Crippen molar-refractivity contribution >= 4 is 5.97 Å². The number of rotatable bonds is 5. The van der Waals surface area contributed by atoms with E-state index in [0.717, 1.165) is 0 Å². The van der Waals surface area contributed by atoms with E-state index in [-0.39, 0.29) is 6.42 Å². The molecule has 18 heavy (non-hydrogen) atoms. The zero-order valence-corrected chi connectivity index (χ0v) is 10.1. The minimum absolute atomic E-state index is 0.0599. The first-order chi connectivity index (χ1) is 8.53. The molecule has 0 aliphatic rings. The third kappa shape index (κ3) is 2.90. The number of nitriles is 1. The van der Waals surface area contributed by atoms with Gasteiger partial charge in [-0.2, -0.15) is 5.26 Å². The second-order valence-corrected chi connectivity index (χ2v) is 3.63. The second-order valence-electron chi connectivity index (χ2n) is 3.63. The molecule has 1 aromatic rings. The summed E-state index contributed by atoms with van der Waals surface area (Å²) >= 11 is 0. The van der Waals surface area contributed by atoms with Gasteiger partial charge in [0.25, 0.3) is 0 Å². The molecule has 0 fully saturated rings. The van der Waals surface area contributed by atoms with E-state index in [1.165, 1.54) is 20.3 Å². The van der Waals surface area contributed by atoms with Crippen LogP contribution in [0.25, 0.3) is 0 Å². The molecule has 1 aromatic carbocycles. The summed E-state index contributed by atoms with van der Waals surface area (Å²) in [7, 11) is 2.89. The molecule has 0 amide bonds. The number of ether oxygens (including phenoxy) is 2. The van der Waals surface area contributed by atoms with Gasteiger partial charge in [-0.3, -0.25) is 4.79 Å². The number of aliphatic carboxylic acids is 1. The van der Waals surface area contributed by atoms with Crippen LogP contribution in [0, 0.1) is 11.3 Å². The molecule has 1 rings (SSSR count). The third-order valence-electron chi connectivity index (χ3n) is 2.44. The quantitative estimate of drug-likeness (QED) is 0.789. The molecule has 0 saturated heterocycles. The number of methoxy groups -OCH3 is 2. The Morgan fingerprint density at radius 1 is 1.50 bits per heavy atom. The monoisotopic (exact) mass is 250 g/mol. The lowest BCUT2D eigenvalue weighted by molar-refractivity contribution is -0.138. The number of carboxylic acid groups (broad SMARTS) is 1. The van der Waals surface area contributed by atoms with Crippen molar-refractivity contribution in [2.75, 3.05) is 14.2 Å². The Kier molecular flexibility index (Phi) is 4.52. The van der Waals surface area contributed by atoms with Crippen molar-refractivity contribution in [1.82, 2.24) is 0 Å². The van der Waals surface area contributed by atoms with Gasteiger partial charge in [-0.05, 0) is 6.07 Å². The van der Waals surface area contributed by atoms with E-state index in [1.807, 2.05) is 6.07 Å². The maximum Gasteiger partial charge on any atom is 0.320 e. The molecule has 6 heteroatoms. The topological polar surface area (TPSA) is 106 Å². The first-order valence-corrected chi connectivity index (χ1v) is 5.16. The smallest absolute Gasteiger partial charge is 0.320 e. The van der Waals surface area contributed by atoms with Crippen LogP contribution < -0.4 is 15.2 Å². The van der Waals surface area contributed by atoms with Gasteiger partial charge in [-0.1, -0.05) is 0 Å². The van der Waals surface area contributed by atoms with Crippen LogP contribution in [-0.2, 0) is 11.2 Å². The largest absolute Gasteiger partial charge is 0.493 e. The molecule has 0 saturated carbocycles. The van der Waals surface area contributed by atoms with Crippen LogP contribution in [0.15, 0.2) is 12.1 Å². The van der Waals surface area contributed by atoms with Gasteiger partial charge in [0.05, 0.1) is 25.9 Å². The van der Waals surface area contributed by atoms with Crippen molar-refractivity contribution in [2.45, 2.75) is 12.5 Å². The van der Waals surface area contributed by atoms with Gasteiger partial charge in [-0.25, -0.2) is 0 Å². The number of benzene rings is 1. The Hall–Kier alpha value is -2.26. The SMILES string of the molecule is COc1cc(C#N)cc(CC(N)C(=O)O)c1OC. The van der Waals surface area contributed by atoms with Crippen LogP contribution in [-0.4, -0.2) is 31.3 Å². The lowest BCUT2D eigenvalue weighted by atomic mass is 10.0. The van der Waals surface area contributed by atoms with Crippen molar-refractivity contribution in [2.24, 2.45) is 5.73 Å². The summed E-state index contributed by atoms with van der Waals surface area (Å²) in [5, 5.41) is 17.7. The lowest BCUT2D eigenvalue weighted by Gasteiger charge is -2.14. The molecule has 0 radical (unpaired) electrons. The average Bonchev–Trinajstić information content (AvgIpc) is 2.37. The van der Waals surface area contributed by atoms with Crippen LogP contribution in [0.1, 0.15) is 11.1 Å². The van der Waals surface area contributed by atoms with E-state index in [9.17, 15) is 4.79 Å². The Morgan fingerprint density at radius 2 is 2.17 bits per heavy atom. The van der Waals surface area contributed by atoms with Gasteiger partial charge in [0.15, 0.2) is 11.5 Å². The lowest BCUT2D eigenvalue weighted by Crippen LogP contribution is -2.32. The second kappa shape index (κ2) is 5.89. The molecule has 1 unspecified atom stereocenters. The van der Waals surface area contributed by atoms with E-state index in [2.05, 4.69) is 0 Å². The molecular formula is C12H14N2O4. The normalized spacial score (nSPS) is 11.4. The molecule has 1 atom stereocenters. The molecule has 0 aliphatic carbocycles. The van der Waals surface area contributed by atoms with E-state index in [1.54, 1.807) is 6.07 Å². The van der Waals surface area contributed by atoms with E-state index < -0.39 is 12.0 Å². The Morgan fingerprint density at radius 3 is 2.61 bits per heavy atom. The van der Waals surface area contributed by atoms with Crippen LogP contribution in [0.5, 0.6) is 11.5 Å². The van der Waals surface area contributed by atoms with Gasteiger partial charge in [0.1, 0.15) is 6.04 Å². The number of hydrogen-bond acceptors (Lipinski definition) is 5. The zero-order chi connectivity index (χ0) is 13.7. The number of carboxylic acids is 1. The molecule has 0 aromatic heterocycles. The first-order valence-electron chi connectivity index (χ1n) is 5.16. The number of nitrogens with two attached hydrogens (primary N) is 1. The van der Waals surface area contributed by atoms with E-state index >= 15 is 0 Å². The van der Waals surface area contributed by atoms with E-state index in [0.29, 0.717) is 22.6 Å². The molecule has 0 heterocycles. The van der Waals surface area contributed by atoms with Crippen LogP contribution in [0.3, 0.4) is 0 Å². The van der Waals surface area contributed by atoms with Gasteiger partial charge >= 0.3 is 5.97 Å². The van der Waals surface area contributed by atoms with Gasteiger partial charge in [-0.15, -0.1) is 0 Å². The Balaban J connectivity index is 3.23. The molecule has 3 N–H and O–H groups in total. The van der Waals surface area contributed by atoms with E-state index in [4.69, 9.17) is 25.6 Å². The van der Waals surface area contributed by atoms with Crippen molar-refractivity contribution in [1.29, 1.82) is 5.26 Å². The summed E-state index contributed by atoms with van der Waals surface area (Å²) in [6, 6.07) is 3.98. The molecular weight excluding hydrogens is 236 g/mol. The van der Waals surface area contributed by atoms with Gasteiger partial charge < -0.3 is 20.3 Å². The van der Waals surface area contributed by atoms with Crippen molar-refractivity contribution < 1.29 is 19.4 Å². The van der Waals surface area contributed by atoms with Crippen LogP contribution in [0.2, 0.25) is 0 Å². The van der Waals surface area contributed by atoms with Crippen LogP contribution in [0.4, 0.5) is 0 Å². The fourth-order valence-electron chi connectivity index (χ4n) is 1.58. The van der Waals surface area contributed by atoms with Crippen LogP contribution >= 0.6 is 0 Å². The fraction of sp³-hybridized carbons (Fsp3) is 0.333. The maximum absolute atomic E-state index is 10.8. The molecule has 0 spiro atoms. The highest BCUT2D eigenvalue weighted by Crippen LogP contribution is 2.33.